The Balaban J connectivity index is 2.16. The molecule has 3 N–H and O–H groups in total. The molecule has 0 spiro atoms. The van der Waals surface area contributed by atoms with Gasteiger partial charge in [-0.05, 0) is 96.2 Å². The van der Waals surface area contributed by atoms with Gasteiger partial charge in [0.05, 0.1) is 0 Å². The highest BCUT2D eigenvalue weighted by Crippen LogP contribution is 2.28. The molecule has 10 nitrogen and oxygen atoms in total. The summed E-state index contributed by atoms with van der Waals surface area (Å²) in [6.45, 7) is 16.6. The Morgan fingerprint density at radius 3 is 1.92 bits per heavy atom. The summed E-state index contributed by atoms with van der Waals surface area (Å²) < 4.78 is 11.3. The summed E-state index contributed by atoms with van der Waals surface area (Å²) in [4.78, 5) is 58.1. The lowest BCUT2D eigenvalue weighted by Gasteiger charge is -2.36. The lowest BCUT2D eigenvalue weighted by atomic mass is 9.95. The van der Waals surface area contributed by atoms with Crippen molar-refractivity contribution in [2.75, 3.05) is 6.54 Å². The number of carbonyl (C=O) groups excluding carboxylic acids is 4. The minimum absolute atomic E-state index is 0.0644. The number of unbranched alkanes of at least 4 members (excludes halogenated alkanes) is 2. The molecule has 3 aromatic rings. The topological polar surface area (TPSA) is 134 Å². The summed E-state index contributed by atoms with van der Waals surface area (Å²) in [5, 5.41) is 15.7. The second-order valence-corrected chi connectivity index (χ2v) is 15.4. The Hall–Kier alpha value is -4.86. The van der Waals surface area contributed by atoms with Crippen LogP contribution in [0.4, 0.5) is 4.79 Å². The average Bonchev–Trinajstić information content (AvgIpc) is 3.04. The van der Waals surface area contributed by atoms with Gasteiger partial charge in [0.15, 0.2) is 0 Å². The zero-order valence-corrected chi connectivity index (χ0v) is 32.2. The molecule has 3 rings (SSSR count). The van der Waals surface area contributed by atoms with Crippen molar-refractivity contribution >= 4 is 23.9 Å². The number of hydrogen-bond acceptors (Lipinski definition) is 7. The van der Waals surface area contributed by atoms with Crippen molar-refractivity contribution in [3.05, 3.63) is 101 Å². The molecular formula is C42H57N3O7. The molecule has 0 aliphatic carbocycles. The third kappa shape index (κ3) is 13.4. The number of aryl methyl sites for hydroxylation is 2. The van der Waals surface area contributed by atoms with E-state index in [1.54, 1.807) is 53.7 Å². The zero-order chi connectivity index (χ0) is 38.6. The van der Waals surface area contributed by atoms with Crippen LogP contribution in [0.25, 0.3) is 0 Å². The highest BCUT2D eigenvalue weighted by atomic mass is 16.6. The summed E-state index contributed by atoms with van der Waals surface area (Å²) in [6.07, 6.45) is 1.72. The molecule has 3 aromatic carbocycles. The average molecular weight is 716 g/mol. The van der Waals surface area contributed by atoms with Crippen LogP contribution in [0.3, 0.4) is 0 Å². The van der Waals surface area contributed by atoms with Gasteiger partial charge in [-0.2, -0.15) is 0 Å². The minimum Gasteiger partial charge on any atom is -0.508 e. The monoisotopic (exact) mass is 715 g/mol. The molecule has 0 saturated heterocycles. The third-order valence-electron chi connectivity index (χ3n) is 8.22. The van der Waals surface area contributed by atoms with E-state index in [9.17, 15) is 24.3 Å². The number of nitrogens with one attached hydrogen (secondary N) is 2. The molecule has 0 saturated carbocycles. The van der Waals surface area contributed by atoms with Crippen molar-refractivity contribution in [2.45, 2.75) is 124 Å². The highest BCUT2D eigenvalue weighted by molar-refractivity contribution is 5.94. The fourth-order valence-corrected chi connectivity index (χ4v) is 5.87. The van der Waals surface area contributed by atoms with Crippen molar-refractivity contribution in [1.29, 1.82) is 0 Å². The van der Waals surface area contributed by atoms with Gasteiger partial charge in [-0.25, -0.2) is 9.59 Å². The quantitative estimate of drug-likeness (QED) is 0.111. The number of amides is 3. The van der Waals surface area contributed by atoms with Crippen LogP contribution in [-0.2, 0) is 36.7 Å². The summed E-state index contributed by atoms with van der Waals surface area (Å²) in [7, 11) is 0. The molecule has 0 heterocycles. The van der Waals surface area contributed by atoms with Crippen molar-refractivity contribution in [1.82, 2.24) is 15.5 Å². The van der Waals surface area contributed by atoms with E-state index >= 15 is 0 Å². The maximum absolute atomic E-state index is 14.9. The normalized spacial score (nSPS) is 13.3. The number of phenols is 1. The number of alkyl carbamates (subject to hydrolysis) is 1. The molecule has 282 valence electrons. The first-order chi connectivity index (χ1) is 24.4. The number of nitrogens with zero attached hydrogens (tertiary/aromatic N) is 1. The molecule has 0 aromatic heterocycles. The SMILES string of the molecule is CCCCCN(C(=O)C(Cc1ccc(O)cc1)NC(=O)OC(C)(C)C)C(C(=O)NC(Cc1ccccc1)C(=O)OC(C)(C)C)c1ccc(C)cc1C. The molecular weight excluding hydrogens is 658 g/mol. The first kappa shape index (κ1) is 41.6. The van der Waals surface area contributed by atoms with Crippen LogP contribution in [0.1, 0.15) is 102 Å². The van der Waals surface area contributed by atoms with E-state index in [2.05, 4.69) is 10.6 Å². The number of aromatic hydroxyl groups is 1. The molecule has 0 aliphatic rings. The lowest BCUT2D eigenvalue weighted by Crippen LogP contribution is -2.55. The second-order valence-electron chi connectivity index (χ2n) is 15.4. The van der Waals surface area contributed by atoms with E-state index in [0.717, 1.165) is 29.5 Å². The minimum atomic E-state index is -1.16. The molecule has 3 amide bonds. The summed E-state index contributed by atoms with van der Waals surface area (Å²) >= 11 is 0. The highest BCUT2D eigenvalue weighted by Gasteiger charge is 2.39. The molecule has 3 atom stereocenters. The van der Waals surface area contributed by atoms with E-state index in [4.69, 9.17) is 9.47 Å². The van der Waals surface area contributed by atoms with Crippen LogP contribution in [0.15, 0.2) is 72.8 Å². The van der Waals surface area contributed by atoms with Crippen molar-refractivity contribution in [3.8, 4) is 5.75 Å². The predicted molar refractivity (Wildman–Crippen MR) is 203 cm³/mol. The van der Waals surface area contributed by atoms with E-state index in [1.807, 2.05) is 69.3 Å². The predicted octanol–water partition coefficient (Wildman–Crippen LogP) is 7.27. The number of rotatable bonds is 15. The molecule has 10 heteroatoms. The van der Waals surface area contributed by atoms with Gasteiger partial charge in [0.2, 0.25) is 11.8 Å². The molecule has 0 fully saturated rings. The summed E-state index contributed by atoms with van der Waals surface area (Å²) in [6, 6.07) is 18.1. The molecule has 0 radical (unpaired) electrons. The largest absolute Gasteiger partial charge is 0.508 e. The van der Waals surface area contributed by atoms with Crippen LogP contribution in [0, 0.1) is 13.8 Å². The Morgan fingerprint density at radius 2 is 1.35 bits per heavy atom. The van der Waals surface area contributed by atoms with Crippen LogP contribution in [0.2, 0.25) is 0 Å². The third-order valence-corrected chi connectivity index (χ3v) is 8.22. The number of hydrogen-bond donors (Lipinski definition) is 3. The zero-order valence-electron chi connectivity index (χ0n) is 32.2. The second kappa shape index (κ2) is 18.6. The maximum Gasteiger partial charge on any atom is 0.408 e. The van der Waals surface area contributed by atoms with Crippen molar-refractivity contribution < 1.29 is 33.8 Å². The van der Waals surface area contributed by atoms with Gasteiger partial charge in [0, 0.05) is 19.4 Å². The summed E-state index contributed by atoms with van der Waals surface area (Å²) in [5.41, 5.74) is 2.25. The van der Waals surface area contributed by atoms with Gasteiger partial charge >= 0.3 is 12.1 Å². The first-order valence-corrected chi connectivity index (χ1v) is 18.1. The number of benzene rings is 3. The van der Waals surface area contributed by atoms with Gasteiger partial charge in [-0.15, -0.1) is 0 Å². The maximum atomic E-state index is 14.9. The van der Waals surface area contributed by atoms with Gasteiger partial charge < -0.3 is 30.1 Å². The standard InChI is InChI=1S/C42H57N3O7/c1-10-11-15-24-45(38(48)34(44-40(50)52-42(7,8)9)26-31-19-21-32(46)22-20-31)36(33-23-18-28(2)25-29(33)3)37(47)43-35(39(49)51-41(4,5)6)27-30-16-13-12-14-17-30/h12-14,16-23,25,34-36,46H,10-11,15,24,26-27H2,1-9H3,(H,43,47)(H,44,50). The molecule has 52 heavy (non-hydrogen) atoms. The Bertz CT molecular complexity index is 1640. The van der Waals surface area contributed by atoms with Gasteiger partial charge in [-0.1, -0.05) is 86.0 Å². The van der Waals surface area contributed by atoms with Crippen LogP contribution in [-0.4, -0.2) is 63.7 Å². The fourth-order valence-electron chi connectivity index (χ4n) is 5.87. The molecule has 3 unspecified atom stereocenters. The van der Waals surface area contributed by atoms with Crippen LogP contribution >= 0.6 is 0 Å². The first-order valence-electron chi connectivity index (χ1n) is 18.1. The number of esters is 1. The van der Waals surface area contributed by atoms with Crippen molar-refractivity contribution in [2.24, 2.45) is 0 Å². The van der Waals surface area contributed by atoms with Gasteiger partial charge in [0.1, 0.15) is 35.1 Å². The smallest absolute Gasteiger partial charge is 0.408 e. The molecule has 0 aliphatic heterocycles. The Kier molecular flexibility index (Phi) is 14.8. The van der Waals surface area contributed by atoms with Crippen LogP contribution < -0.4 is 10.6 Å². The van der Waals surface area contributed by atoms with Gasteiger partial charge in [-0.3, -0.25) is 9.59 Å². The lowest BCUT2D eigenvalue weighted by molar-refractivity contribution is -0.159. The van der Waals surface area contributed by atoms with Crippen LogP contribution in [0.5, 0.6) is 5.75 Å². The van der Waals surface area contributed by atoms with Gasteiger partial charge in [0.25, 0.3) is 0 Å². The molecule has 0 bridgehead atoms. The Morgan fingerprint density at radius 1 is 0.750 bits per heavy atom. The van der Waals surface area contributed by atoms with E-state index in [1.165, 1.54) is 17.0 Å². The van der Waals surface area contributed by atoms with E-state index in [-0.39, 0.29) is 25.1 Å². The Labute approximate surface area is 309 Å². The van der Waals surface area contributed by atoms with E-state index < -0.39 is 53.2 Å². The van der Waals surface area contributed by atoms with Crippen molar-refractivity contribution in [3.63, 3.8) is 0 Å². The fraction of sp³-hybridized carbons (Fsp3) is 0.476. The number of carbonyl (C=O) groups is 4. The number of ether oxygens (including phenoxy) is 2. The van der Waals surface area contributed by atoms with E-state index in [0.29, 0.717) is 17.5 Å². The number of phenolic OH excluding ortho intramolecular Hbond substituents is 1. The summed E-state index contributed by atoms with van der Waals surface area (Å²) in [5.74, 6) is -1.57.